The van der Waals surface area contributed by atoms with Crippen LogP contribution in [0, 0.1) is 13.8 Å². The van der Waals surface area contributed by atoms with Crippen molar-refractivity contribution in [2.45, 2.75) is 25.3 Å². The summed E-state index contributed by atoms with van der Waals surface area (Å²) in [4.78, 5) is 12.3. The Morgan fingerprint density at radius 1 is 1.25 bits per heavy atom. The molecule has 0 aliphatic rings. The number of aryl methyl sites for hydroxylation is 2. The van der Waals surface area contributed by atoms with Crippen molar-refractivity contribution in [3.63, 3.8) is 0 Å². The quantitative estimate of drug-likeness (QED) is 0.485. The van der Waals surface area contributed by atoms with Crippen LogP contribution in [0.1, 0.15) is 17.5 Å². The molecule has 1 amide bonds. The number of benzene rings is 2. The van der Waals surface area contributed by atoms with Gasteiger partial charge in [0.1, 0.15) is 5.75 Å². The number of methoxy groups -OCH3 is 1. The molecule has 0 unspecified atom stereocenters. The lowest BCUT2D eigenvalue weighted by Gasteiger charge is -2.09. The Hall–Kier alpha value is -3.00. The van der Waals surface area contributed by atoms with E-state index in [4.69, 9.17) is 9.26 Å². The van der Waals surface area contributed by atoms with Gasteiger partial charge in [0.05, 0.1) is 12.4 Å². The molecule has 1 heterocycles. The summed E-state index contributed by atoms with van der Waals surface area (Å²) in [7, 11) is 1.58. The Morgan fingerprint density at radius 3 is 2.71 bits per heavy atom. The molecule has 3 rings (SSSR count). The third-order valence-electron chi connectivity index (χ3n) is 4.12. The highest BCUT2D eigenvalue weighted by atomic mass is 32.2. The maximum Gasteiger partial charge on any atom is 0.297 e. The highest BCUT2D eigenvalue weighted by Gasteiger charge is 2.21. The normalized spacial score (nSPS) is 10.7. The Labute approximate surface area is 167 Å². The van der Waals surface area contributed by atoms with Crippen LogP contribution in [0.5, 0.6) is 11.7 Å². The predicted molar refractivity (Wildman–Crippen MR) is 104 cm³/mol. The lowest BCUT2D eigenvalue weighted by atomic mass is 10.1. The number of nitrogens with zero attached hydrogens (tertiary/aromatic N) is 2. The van der Waals surface area contributed by atoms with Crippen molar-refractivity contribution in [1.82, 2.24) is 5.27 Å². The summed E-state index contributed by atoms with van der Waals surface area (Å²) in [5.41, 5.74) is 3.56. The number of carbonyl (C=O) groups excluding carboxylic acids is 1. The standard InChI is InChI=1S/C20H21N3O4S/c1-13-4-5-14(2)17(12-13)21-18(24)10-11-28-19-20(25)27-22-23(19)15-6-8-16(26-3)9-7-15/h4-9,12H,10-11H2,1-3H3,(H-,21,22,24,25). The fraction of sp³-hybridized carbons (Fsp3) is 0.250. The first kappa shape index (κ1) is 19.8. The number of ether oxygens (including phenoxy) is 1. The third kappa shape index (κ3) is 4.64. The third-order valence-corrected chi connectivity index (χ3v) is 5.15. The number of amides is 1. The van der Waals surface area contributed by atoms with Gasteiger partial charge in [0.15, 0.2) is 5.95 Å². The van der Waals surface area contributed by atoms with Gasteiger partial charge >= 0.3 is 0 Å². The topological polar surface area (TPSA) is 91.3 Å². The number of carbonyl (C=O) groups is 1. The predicted octanol–water partition coefficient (Wildman–Crippen LogP) is 2.77. The minimum absolute atomic E-state index is 0.110. The second-order valence-electron chi connectivity index (χ2n) is 6.24. The molecule has 0 aliphatic carbocycles. The van der Waals surface area contributed by atoms with E-state index in [0.29, 0.717) is 22.2 Å². The van der Waals surface area contributed by atoms with Crippen LogP contribution >= 0.6 is 11.8 Å². The molecule has 8 heteroatoms. The SMILES string of the molecule is COc1ccc(-[n+]2noc([O-])c2SCCC(=O)Nc2cc(C)ccc2C)cc1. The van der Waals surface area contributed by atoms with Crippen molar-refractivity contribution in [3.05, 3.63) is 53.6 Å². The zero-order valence-corrected chi connectivity index (χ0v) is 16.7. The number of anilines is 1. The molecule has 7 nitrogen and oxygen atoms in total. The van der Waals surface area contributed by atoms with Gasteiger partial charge in [-0.3, -0.25) is 4.79 Å². The van der Waals surface area contributed by atoms with E-state index >= 15 is 0 Å². The molecule has 0 spiro atoms. The number of thioether (sulfide) groups is 1. The van der Waals surface area contributed by atoms with Crippen LogP contribution < -0.4 is 19.8 Å². The largest absolute Gasteiger partial charge is 0.538 e. The first-order valence-electron chi connectivity index (χ1n) is 8.71. The second kappa shape index (κ2) is 8.79. The van der Waals surface area contributed by atoms with Crippen molar-refractivity contribution >= 4 is 23.4 Å². The van der Waals surface area contributed by atoms with Crippen LogP contribution in [0.25, 0.3) is 5.69 Å². The van der Waals surface area contributed by atoms with Gasteiger partial charge in [0, 0.05) is 30.0 Å². The molecule has 2 aromatic carbocycles. The summed E-state index contributed by atoms with van der Waals surface area (Å²) >= 11 is 1.23. The number of rotatable bonds is 7. The molecule has 0 saturated carbocycles. The molecule has 1 N–H and O–H groups in total. The number of hydrogen-bond donors (Lipinski definition) is 1. The number of nitrogens with one attached hydrogen (secondary N) is 1. The van der Waals surface area contributed by atoms with Crippen molar-refractivity contribution in [1.29, 1.82) is 0 Å². The fourth-order valence-corrected chi connectivity index (χ4v) is 3.47. The van der Waals surface area contributed by atoms with Gasteiger partial charge in [0.2, 0.25) is 11.6 Å². The van der Waals surface area contributed by atoms with Crippen molar-refractivity contribution in [2.24, 2.45) is 0 Å². The Kier molecular flexibility index (Phi) is 6.20. The first-order valence-corrected chi connectivity index (χ1v) is 9.70. The highest BCUT2D eigenvalue weighted by molar-refractivity contribution is 7.99. The Balaban J connectivity index is 1.62. The average Bonchev–Trinajstić information content (AvgIpc) is 3.05. The van der Waals surface area contributed by atoms with E-state index in [-0.39, 0.29) is 12.3 Å². The molecule has 0 atom stereocenters. The van der Waals surface area contributed by atoms with E-state index in [2.05, 4.69) is 10.6 Å². The summed E-state index contributed by atoms with van der Waals surface area (Å²) in [6.45, 7) is 3.92. The van der Waals surface area contributed by atoms with E-state index < -0.39 is 5.95 Å². The smallest absolute Gasteiger partial charge is 0.297 e. The van der Waals surface area contributed by atoms with Crippen molar-refractivity contribution in [3.8, 4) is 17.4 Å². The lowest BCUT2D eigenvalue weighted by Crippen LogP contribution is -2.34. The van der Waals surface area contributed by atoms with E-state index in [1.807, 2.05) is 32.0 Å². The zero-order valence-electron chi connectivity index (χ0n) is 15.9. The van der Waals surface area contributed by atoms with Gasteiger partial charge in [-0.2, -0.15) is 0 Å². The molecule has 0 fully saturated rings. The van der Waals surface area contributed by atoms with Crippen LogP contribution in [-0.2, 0) is 4.79 Å². The summed E-state index contributed by atoms with van der Waals surface area (Å²) in [6, 6.07) is 13.0. The van der Waals surface area contributed by atoms with Crippen molar-refractivity contribution in [2.75, 3.05) is 18.2 Å². The van der Waals surface area contributed by atoms with E-state index in [1.54, 1.807) is 31.4 Å². The second-order valence-corrected chi connectivity index (χ2v) is 7.32. The summed E-state index contributed by atoms with van der Waals surface area (Å²) < 4.78 is 11.4. The molecule has 28 heavy (non-hydrogen) atoms. The van der Waals surface area contributed by atoms with Gasteiger partial charge in [-0.05, 0) is 47.9 Å². The van der Waals surface area contributed by atoms with Gasteiger partial charge in [0.25, 0.3) is 5.03 Å². The molecular formula is C20H21N3O4S. The summed E-state index contributed by atoms with van der Waals surface area (Å²) in [5, 5.41) is 19.0. The van der Waals surface area contributed by atoms with Crippen LogP contribution in [0.2, 0.25) is 0 Å². The molecule has 0 bridgehead atoms. The van der Waals surface area contributed by atoms with Crippen LogP contribution in [-0.4, -0.2) is 24.0 Å². The van der Waals surface area contributed by atoms with Crippen molar-refractivity contribution < 1.29 is 23.8 Å². The Bertz CT molecular complexity index is 970. The molecule has 1 aromatic heterocycles. The van der Waals surface area contributed by atoms with E-state index in [1.165, 1.54) is 16.4 Å². The molecular weight excluding hydrogens is 378 g/mol. The minimum atomic E-state index is -0.532. The van der Waals surface area contributed by atoms with Gasteiger partial charge in [-0.15, -0.1) is 0 Å². The van der Waals surface area contributed by atoms with Gasteiger partial charge in [-0.25, -0.2) is 0 Å². The first-order chi connectivity index (χ1) is 13.5. The highest BCUT2D eigenvalue weighted by Crippen LogP contribution is 2.25. The summed E-state index contributed by atoms with van der Waals surface area (Å²) in [6.07, 6.45) is 0.255. The Morgan fingerprint density at radius 2 is 2.00 bits per heavy atom. The summed E-state index contributed by atoms with van der Waals surface area (Å²) in [5.74, 6) is 0.480. The number of hydrogen-bond acceptors (Lipinski definition) is 6. The monoisotopic (exact) mass is 399 g/mol. The fourth-order valence-electron chi connectivity index (χ4n) is 2.57. The molecule has 0 saturated heterocycles. The van der Waals surface area contributed by atoms with Gasteiger partial charge in [-0.1, -0.05) is 23.9 Å². The lowest BCUT2D eigenvalue weighted by molar-refractivity contribution is -0.705. The van der Waals surface area contributed by atoms with Crippen LogP contribution in [0.4, 0.5) is 5.69 Å². The van der Waals surface area contributed by atoms with E-state index in [9.17, 15) is 9.90 Å². The van der Waals surface area contributed by atoms with Crippen LogP contribution in [0.15, 0.2) is 52.0 Å². The molecule has 146 valence electrons. The number of aromatic nitrogens is 2. The maximum absolute atomic E-state index is 12.3. The minimum Gasteiger partial charge on any atom is -0.538 e. The molecule has 0 aliphatic heterocycles. The average molecular weight is 399 g/mol. The van der Waals surface area contributed by atoms with E-state index in [0.717, 1.165) is 16.8 Å². The van der Waals surface area contributed by atoms with Crippen LogP contribution in [0.3, 0.4) is 0 Å². The maximum atomic E-state index is 12.3. The molecule has 0 radical (unpaired) electrons. The zero-order chi connectivity index (χ0) is 20.1. The molecule has 3 aromatic rings. The van der Waals surface area contributed by atoms with Gasteiger partial charge < -0.3 is 19.7 Å².